The number of piperidine rings is 1. The van der Waals surface area contributed by atoms with Crippen molar-refractivity contribution in [2.45, 2.75) is 37.1 Å². The van der Waals surface area contributed by atoms with Crippen LogP contribution in [0, 0.1) is 17.2 Å². The van der Waals surface area contributed by atoms with Gasteiger partial charge in [0.25, 0.3) is 0 Å². The van der Waals surface area contributed by atoms with Crippen LogP contribution in [0.5, 0.6) is 0 Å². The molecule has 33 heavy (non-hydrogen) atoms. The highest BCUT2D eigenvalue weighted by Gasteiger charge is 2.33. The van der Waals surface area contributed by atoms with Crippen LogP contribution in [-0.4, -0.2) is 49.1 Å². The predicted molar refractivity (Wildman–Crippen MR) is 122 cm³/mol. The number of carbonyl (C=O) groups is 2. The first kappa shape index (κ1) is 23.0. The summed E-state index contributed by atoms with van der Waals surface area (Å²) in [6.07, 6.45) is 2.28. The highest BCUT2D eigenvalue weighted by Crippen LogP contribution is 2.27. The number of sulfonamides is 1. The molecule has 0 spiro atoms. The number of nitrogens with one attached hydrogen (secondary N) is 1. The van der Waals surface area contributed by atoms with Gasteiger partial charge in [0.2, 0.25) is 21.8 Å². The maximum absolute atomic E-state index is 13.0. The topological polar surface area (TPSA) is 111 Å². The number of anilines is 1. The minimum absolute atomic E-state index is 0.00343. The molecule has 2 fully saturated rings. The zero-order chi connectivity index (χ0) is 23.4. The van der Waals surface area contributed by atoms with Gasteiger partial charge in [-0.3, -0.25) is 9.59 Å². The van der Waals surface area contributed by atoms with Crippen molar-refractivity contribution in [3.05, 3.63) is 59.7 Å². The molecule has 0 bridgehead atoms. The van der Waals surface area contributed by atoms with Gasteiger partial charge in [0.05, 0.1) is 10.5 Å². The van der Waals surface area contributed by atoms with Gasteiger partial charge in [0.15, 0.2) is 0 Å². The van der Waals surface area contributed by atoms with Crippen LogP contribution in [0.3, 0.4) is 0 Å². The van der Waals surface area contributed by atoms with Gasteiger partial charge in [-0.25, -0.2) is 8.42 Å². The lowest BCUT2D eigenvalue weighted by Crippen LogP contribution is -2.41. The third-order valence-electron chi connectivity index (χ3n) is 6.19. The van der Waals surface area contributed by atoms with E-state index < -0.39 is 10.0 Å². The Balaban J connectivity index is 1.36. The van der Waals surface area contributed by atoms with Crippen LogP contribution < -0.4 is 5.32 Å². The molecular formula is C24H26N4O4S. The largest absolute Gasteiger partial charge is 0.338 e. The molecule has 0 atom stereocenters. The van der Waals surface area contributed by atoms with Gasteiger partial charge >= 0.3 is 0 Å². The molecule has 0 aliphatic carbocycles. The molecule has 2 aliphatic heterocycles. The molecule has 2 amide bonds. The summed E-state index contributed by atoms with van der Waals surface area (Å²) in [4.78, 5) is 26.5. The first-order chi connectivity index (χ1) is 15.9. The second-order valence-electron chi connectivity index (χ2n) is 8.39. The van der Waals surface area contributed by atoms with Gasteiger partial charge in [-0.1, -0.05) is 24.3 Å². The number of nitrogens with zero attached hydrogens (tertiary/aromatic N) is 3. The van der Waals surface area contributed by atoms with Gasteiger partial charge in [0.1, 0.15) is 6.07 Å². The van der Waals surface area contributed by atoms with Gasteiger partial charge in [-0.2, -0.15) is 9.57 Å². The minimum Gasteiger partial charge on any atom is -0.338 e. The van der Waals surface area contributed by atoms with Crippen LogP contribution in [0.2, 0.25) is 0 Å². The highest BCUT2D eigenvalue weighted by atomic mass is 32.2. The van der Waals surface area contributed by atoms with Crippen LogP contribution in [0.15, 0.2) is 53.4 Å². The number of amides is 2. The van der Waals surface area contributed by atoms with Crippen molar-refractivity contribution in [3.63, 3.8) is 0 Å². The Morgan fingerprint density at radius 1 is 1.09 bits per heavy atom. The van der Waals surface area contributed by atoms with Gasteiger partial charge in [-0.15, -0.1) is 0 Å². The van der Waals surface area contributed by atoms with E-state index in [2.05, 4.69) is 5.32 Å². The summed E-state index contributed by atoms with van der Waals surface area (Å²) in [5.41, 5.74) is 1.75. The van der Waals surface area contributed by atoms with Crippen molar-refractivity contribution in [2.24, 2.45) is 5.92 Å². The molecule has 0 unspecified atom stereocenters. The summed E-state index contributed by atoms with van der Waals surface area (Å²) < 4.78 is 27.3. The normalized spacial score (nSPS) is 17.7. The Kier molecular flexibility index (Phi) is 6.77. The fourth-order valence-electron chi connectivity index (χ4n) is 4.36. The Labute approximate surface area is 193 Å². The lowest BCUT2D eigenvalue weighted by molar-refractivity contribution is -0.128. The van der Waals surface area contributed by atoms with E-state index in [1.54, 1.807) is 12.1 Å². The number of nitriles is 1. The monoisotopic (exact) mass is 466 g/mol. The summed E-state index contributed by atoms with van der Waals surface area (Å²) in [7, 11) is -3.79. The molecular weight excluding hydrogens is 440 g/mol. The molecule has 2 aliphatic rings. The van der Waals surface area contributed by atoms with E-state index in [1.165, 1.54) is 16.4 Å². The molecule has 2 aromatic rings. The third-order valence-corrected chi connectivity index (χ3v) is 8.15. The molecule has 0 aromatic heterocycles. The molecule has 1 N–H and O–H groups in total. The number of rotatable bonds is 6. The molecule has 2 saturated heterocycles. The quantitative estimate of drug-likeness (QED) is 0.704. The standard InChI is InChI=1S/C24H26N4O4S/c25-16-20-6-1-2-8-22(20)33(31,32)28-13-10-19(11-14-28)24(30)26-21-7-3-5-18(15-21)17-27-12-4-9-23(27)29/h1-3,5-8,15,19H,4,9-14,17H2,(H,26,30). The van der Waals surface area contributed by atoms with E-state index in [9.17, 15) is 23.3 Å². The molecule has 0 saturated carbocycles. The van der Waals surface area contributed by atoms with Crippen molar-refractivity contribution >= 4 is 27.5 Å². The SMILES string of the molecule is N#Cc1ccccc1S(=O)(=O)N1CCC(C(=O)Nc2cccc(CN3CCCC3=O)c2)CC1. The zero-order valence-electron chi connectivity index (χ0n) is 18.2. The first-order valence-electron chi connectivity index (χ1n) is 11.1. The lowest BCUT2D eigenvalue weighted by Gasteiger charge is -2.30. The maximum atomic E-state index is 13.0. The van der Waals surface area contributed by atoms with Crippen molar-refractivity contribution in [1.29, 1.82) is 5.26 Å². The number of likely N-dealkylation sites (tertiary alicyclic amines) is 1. The summed E-state index contributed by atoms with van der Waals surface area (Å²) in [6, 6.07) is 15.6. The minimum atomic E-state index is -3.79. The fraction of sp³-hybridized carbons (Fsp3) is 0.375. The molecule has 2 heterocycles. The molecule has 0 radical (unpaired) electrons. The van der Waals surface area contributed by atoms with E-state index in [1.807, 2.05) is 35.2 Å². The maximum Gasteiger partial charge on any atom is 0.244 e. The molecule has 9 heteroatoms. The summed E-state index contributed by atoms with van der Waals surface area (Å²) in [5.74, 6) is -0.283. The van der Waals surface area contributed by atoms with Crippen LogP contribution >= 0.6 is 0 Å². The van der Waals surface area contributed by atoms with Crippen molar-refractivity contribution in [1.82, 2.24) is 9.21 Å². The van der Waals surface area contributed by atoms with Gasteiger partial charge < -0.3 is 10.2 Å². The number of hydrogen-bond acceptors (Lipinski definition) is 5. The molecule has 172 valence electrons. The van der Waals surface area contributed by atoms with Crippen LogP contribution in [0.1, 0.15) is 36.8 Å². The van der Waals surface area contributed by atoms with Crippen molar-refractivity contribution < 1.29 is 18.0 Å². The average molecular weight is 467 g/mol. The van der Waals surface area contributed by atoms with Crippen molar-refractivity contribution in [2.75, 3.05) is 25.0 Å². The first-order valence-corrected chi connectivity index (χ1v) is 12.5. The predicted octanol–water partition coefficient (Wildman–Crippen LogP) is 2.72. The summed E-state index contributed by atoms with van der Waals surface area (Å²) >= 11 is 0. The highest BCUT2D eigenvalue weighted by molar-refractivity contribution is 7.89. The van der Waals surface area contributed by atoms with Crippen LogP contribution in [-0.2, 0) is 26.2 Å². The number of carbonyl (C=O) groups excluding carboxylic acids is 2. The van der Waals surface area contributed by atoms with E-state index in [4.69, 9.17) is 0 Å². The molecule has 8 nitrogen and oxygen atoms in total. The number of benzene rings is 2. The third kappa shape index (κ3) is 5.07. The molecule has 2 aromatic carbocycles. The van der Waals surface area contributed by atoms with Crippen LogP contribution in [0.4, 0.5) is 5.69 Å². The second kappa shape index (κ2) is 9.73. The summed E-state index contributed by atoms with van der Waals surface area (Å²) in [5, 5.41) is 12.2. The van der Waals surface area contributed by atoms with Crippen molar-refractivity contribution in [3.8, 4) is 6.07 Å². The Hall–Kier alpha value is -3.22. The second-order valence-corrected chi connectivity index (χ2v) is 10.3. The van der Waals surface area contributed by atoms with Gasteiger partial charge in [0, 0.05) is 44.2 Å². The lowest BCUT2D eigenvalue weighted by atomic mass is 9.97. The average Bonchev–Trinajstić information content (AvgIpc) is 3.23. The fourth-order valence-corrected chi connectivity index (χ4v) is 5.98. The smallest absolute Gasteiger partial charge is 0.244 e. The summed E-state index contributed by atoms with van der Waals surface area (Å²) in [6.45, 7) is 1.73. The molecule has 4 rings (SSSR count). The van der Waals surface area contributed by atoms with E-state index >= 15 is 0 Å². The Morgan fingerprint density at radius 3 is 2.55 bits per heavy atom. The Bertz CT molecular complexity index is 1200. The zero-order valence-corrected chi connectivity index (χ0v) is 19.1. The Morgan fingerprint density at radius 2 is 1.85 bits per heavy atom. The van der Waals surface area contributed by atoms with Gasteiger partial charge in [-0.05, 0) is 49.1 Å². The number of hydrogen-bond donors (Lipinski definition) is 1. The van der Waals surface area contributed by atoms with E-state index in [0.29, 0.717) is 31.5 Å². The van der Waals surface area contributed by atoms with E-state index in [0.717, 1.165) is 18.5 Å². The van der Waals surface area contributed by atoms with Crippen LogP contribution in [0.25, 0.3) is 0 Å². The van der Waals surface area contributed by atoms with E-state index in [-0.39, 0.29) is 41.3 Å².